The van der Waals surface area contributed by atoms with Crippen molar-refractivity contribution in [3.05, 3.63) is 0 Å². The molecule has 0 aliphatic carbocycles. The van der Waals surface area contributed by atoms with Crippen LogP contribution in [-0.2, 0) is 28.6 Å². The summed E-state index contributed by atoms with van der Waals surface area (Å²) in [4.78, 5) is 34.9. The Labute approximate surface area is 106 Å². The molecule has 0 spiro atoms. The van der Waals surface area contributed by atoms with Gasteiger partial charge in [-0.1, -0.05) is 0 Å². The number of carbonyl (C=O) groups is 3. The number of ketones is 1. The maximum atomic E-state index is 11.8. The highest BCUT2D eigenvalue weighted by Gasteiger charge is 2.46. The lowest BCUT2D eigenvalue weighted by Crippen LogP contribution is -2.49. The van der Waals surface area contributed by atoms with Gasteiger partial charge in [0.1, 0.15) is 0 Å². The molecule has 0 radical (unpaired) electrons. The molecular formula is C12H18O6. The molecule has 0 amide bonds. The van der Waals surface area contributed by atoms with Crippen molar-refractivity contribution in [1.82, 2.24) is 0 Å². The van der Waals surface area contributed by atoms with Crippen molar-refractivity contribution in [1.29, 1.82) is 0 Å². The van der Waals surface area contributed by atoms with E-state index in [1.165, 1.54) is 13.8 Å². The second-order valence-electron chi connectivity index (χ2n) is 4.59. The second kappa shape index (κ2) is 5.95. The third-order valence-corrected chi connectivity index (χ3v) is 2.51. The van der Waals surface area contributed by atoms with Gasteiger partial charge in [0.15, 0.2) is 5.78 Å². The highest BCUT2D eigenvalue weighted by atomic mass is 16.7. The Morgan fingerprint density at radius 1 is 1.22 bits per heavy atom. The van der Waals surface area contributed by atoms with Crippen molar-refractivity contribution in [3.63, 3.8) is 0 Å². The zero-order valence-corrected chi connectivity index (χ0v) is 10.9. The summed E-state index contributed by atoms with van der Waals surface area (Å²) in [5, 5.41) is 0. The molecule has 6 heteroatoms. The quantitative estimate of drug-likeness (QED) is 0.399. The smallest absolute Gasteiger partial charge is 0.331 e. The average Bonchev–Trinajstić information content (AvgIpc) is 2.21. The first-order valence-corrected chi connectivity index (χ1v) is 5.85. The number of hydrogen-bond donors (Lipinski definition) is 0. The molecule has 1 aliphatic heterocycles. The van der Waals surface area contributed by atoms with Crippen molar-refractivity contribution in [2.24, 2.45) is 5.92 Å². The fourth-order valence-corrected chi connectivity index (χ4v) is 1.67. The first-order chi connectivity index (χ1) is 8.37. The Balaban J connectivity index is 2.52. The molecule has 0 N–H and O–H groups in total. The lowest BCUT2D eigenvalue weighted by atomic mass is 9.98. The van der Waals surface area contributed by atoms with Gasteiger partial charge in [-0.3, -0.25) is 14.4 Å². The molecule has 0 saturated carbocycles. The Bertz CT molecular complexity index is 326. The molecule has 0 unspecified atom stereocenters. The van der Waals surface area contributed by atoms with Crippen LogP contribution in [0.2, 0.25) is 0 Å². The minimum atomic E-state index is -1.43. The zero-order chi connectivity index (χ0) is 13.8. The average molecular weight is 258 g/mol. The van der Waals surface area contributed by atoms with Crippen molar-refractivity contribution in [3.8, 4) is 0 Å². The SMILES string of the molecule is COCCCCC(=O)C1C(=O)OC(C)(C)OC1=O. The lowest BCUT2D eigenvalue weighted by molar-refractivity contribution is -0.238. The molecule has 1 saturated heterocycles. The number of rotatable bonds is 6. The van der Waals surface area contributed by atoms with Crippen LogP contribution in [0.15, 0.2) is 0 Å². The van der Waals surface area contributed by atoms with Gasteiger partial charge in [-0.2, -0.15) is 0 Å². The van der Waals surface area contributed by atoms with E-state index < -0.39 is 29.4 Å². The first kappa shape index (κ1) is 14.6. The van der Waals surface area contributed by atoms with Gasteiger partial charge in [0.25, 0.3) is 5.79 Å². The maximum absolute atomic E-state index is 11.8. The first-order valence-electron chi connectivity index (χ1n) is 5.85. The molecule has 102 valence electrons. The van der Waals surface area contributed by atoms with Gasteiger partial charge in [-0.15, -0.1) is 0 Å². The summed E-state index contributed by atoms with van der Waals surface area (Å²) in [5.41, 5.74) is 0. The van der Waals surface area contributed by atoms with Gasteiger partial charge in [0.05, 0.1) is 0 Å². The van der Waals surface area contributed by atoms with E-state index in [4.69, 9.17) is 14.2 Å². The minimum absolute atomic E-state index is 0.138. The van der Waals surface area contributed by atoms with Crippen molar-refractivity contribution >= 4 is 17.7 Å². The molecule has 0 aromatic carbocycles. The van der Waals surface area contributed by atoms with Gasteiger partial charge < -0.3 is 14.2 Å². The number of unbranched alkanes of at least 4 members (excludes halogenated alkanes) is 1. The molecule has 1 fully saturated rings. The van der Waals surface area contributed by atoms with Crippen LogP contribution in [0.25, 0.3) is 0 Å². The van der Waals surface area contributed by atoms with E-state index in [2.05, 4.69) is 0 Å². The zero-order valence-electron chi connectivity index (χ0n) is 10.9. The molecule has 18 heavy (non-hydrogen) atoms. The fourth-order valence-electron chi connectivity index (χ4n) is 1.67. The fraction of sp³-hybridized carbons (Fsp3) is 0.750. The Kier molecular flexibility index (Phi) is 4.84. The lowest BCUT2D eigenvalue weighted by Gasteiger charge is -2.32. The van der Waals surface area contributed by atoms with Gasteiger partial charge in [0, 0.05) is 34.0 Å². The van der Waals surface area contributed by atoms with Crippen molar-refractivity contribution in [2.45, 2.75) is 38.9 Å². The summed E-state index contributed by atoms with van der Waals surface area (Å²) < 4.78 is 14.6. The van der Waals surface area contributed by atoms with Crippen LogP contribution < -0.4 is 0 Å². The van der Waals surface area contributed by atoms with Crippen LogP contribution in [0.1, 0.15) is 33.1 Å². The van der Waals surface area contributed by atoms with E-state index in [1.807, 2.05) is 0 Å². The van der Waals surface area contributed by atoms with Crippen LogP contribution >= 0.6 is 0 Å². The van der Waals surface area contributed by atoms with Gasteiger partial charge in [-0.05, 0) is 12.8 Å². The number of carbonyl (C=O) groups excluding carboxylic acids is 3. The summed E-state index contributed by atoms with van der Waals surface area (Å²) in [7, 11) is 1.57. The van der Waals surface area contributed by atoms with Crippen molar-refractivity contribution in [2.75, 3.05) is 13.7 Å². The third-order valence-electron chi connectivity index (χ3n) is 2.51. The number of Topliss-reactive ketones (excluding diaryl/α,β-unsaturated/α-hetero) is 1. The summed E-state index contributed by atoms with van der Waals surface area (Å²) in [6.07, 6.45) is 1.40. The number of methoxy groups -OCH3 is 1. The molecule has 0 atom stereocenters. The molecule has 0 aromatic heterocycles. The third kappa shape index (κ3) is 3.80. The van der Waals surface area contributed by atoms with Crippen LogP contribution in [-0.4, -0.2) is 37.2 Å². The van der Waals surface area contributed by atoms with Gasteiger partial charge in [0.2, 0.25) is 5.92 Å². The van der Waals surface area contributed by atoms with Crippen LogP contribution in [0, 0.1) is 5.92 Å². The van der Waals surface area contributed by atoms with E-state index in [-0.39, 0.29) is 6.42 Å². The summed E-state index contributed by atoms with van der Waals surface area (Å²) in [5.74, 6) is -4.83. The minimum Gasteiger partial charge on any atom is -0.422 e. The number of esters is 2. The van der Waals surface area contributed by atoms with Crippen molar-refractivity contribution < 1.29 is 28.6 Å². The van der Waals surface area contributed by atoms with Gasteiger partial charge in [-0.25, -0.2) is 0 Å². The topological polar surface area (TPSA) is 78.9 Å². The molecule has 1 heterocycles. The monoisotopic (exact) mass is 258 g/mol. The second-order valence-corrected chi connectivity index (χ2v) is 4.59. The Morgan fingerprint density at radius 3 is 2.28 bits per heavy atom. The molecule has 1 rings (SSSR count). The Morgan fingerprint density at radius 2 is 1.78 bits per heavy atom. The van der Waals surface area contributed by atoms with E-state index in [1.54, 1.807) is 7.11 Å². The number of hydrogen-bond acceptors (Lipinski definition) is 6. The number of ether oxygens (including phenoxy) is 3. The summed E-state index contributed by atoms with van der Waals surface area (Å²) in [6, 6.07) is 0. The van der Waals surface area contributed by atoms with E-state index in [0.717, 1.165) is 0 Å². The van der Waals surface area contributed by atoms with Crippen LogP contribution in [0.5, 0.6) is 0 Å². The maximum Gasteiger partial charge on any atom is 0.331 e. The normalized spacial score (nSPS) is 19.3. The standard InChI is InChI=1S/C12H18O6/c1-12(2)17-10(14)9(11(15)18-12)8(13)6-4-5-7-16-3/h9H,4-7H2,1-3H3. The molecule has 6 nitrogen and oxygen atoms in total. The predicted octanol–water partition coefficient (Wildman–Crippen LogP) is 0.825. The predicted molar refractivity (Wildman–Crippen MR) is 60.5 cm³/mol. The summed E-state index contributed by atoms with van der Waals surface area (Å²) in [6.45, 7) is 3.43. The van der Waals surface area contributed by atoms with Gasteiger partial charge >= 0.3 is 11.9 Å². The largest absolute Gasteiger partial charge is 0.422 e. The Hall–Kier alpha value is -1.43. The summed E-state index contributed by atoms with van der Waals surface area (Å²) >= 11 is 0. The van der Waals surface area contributed by atoms with E-state index in [0.29, 0.717) is 19.4 Å². The van der Waals surface area contributed by atoms with E-state index in [9.17, 15) is 14.4 Å². The van der Waals surface area contributed by atoms with Crippen LogP contribution in [0.3, 0.4) is 0 Å². The highest BCUT2D eigenvalue weighted by Crippen LogP contribution is 2.24. The number of cyclic esters (lactones) is 2. The molecule has 0 aromatic rings. The highest BCUT2D eigenvalue weighted by molar-refractivity contribution is 6.15. The molecule has 0 bridgehead atoms. The molecule has 1 aliphatic rings. The molecular weight excluding hydrogens is 240 g/mol. The van der Waals surface area contributed by atoms with Crippen LogP contribution in [0.4, 0.5) is 0 Å². The van der Waals surface area contributed by atoms with E-state index >= 15 is 0 Å².